The van der Waals surface area contributed by atoms with E-state index in [0.29, 0.717) is 0 Å². The molecule has 0 aromatic heterocycles. The first-order chi connectivity index (χ1) is 10.2. The average molecular weight is 317 g/mol. The summed E-state index contributed by atoms with van der Waals surface area (Å²) in [7, 11) is 0. The predicted octanol–water partition coefficient (Wildman–Crippen LogP) is 0.690. The molecule has 2 saturated heterocycles. The zero-order valence-electron chi connectivity index (χ0n) is 13.2. The van der Waals surface area contributed by atoms with Gasteiger partial charge in [-0.15, -0.1) is 0 Å². The summed E-state index contributed by atoms with van der Waals surface area (Å²) < 4.78 is 22.6. The summed E-state index contributed by atoms with van der Waals surface area (Å²) in [6.07, 6.45) is -3.89. The van der Waals surface area contributed by atoms with Gasteiger partial charge >= 0.3 is 0 Å². The SMILES string of the molecule is CC1(C)O[C@@H]([C@H](O)[C@@H]2OC(C)(C)O[C@@H]2CO)[C@H](CN=[N+]=[N-])O1. The van der Waals surface area contributed by atoms with Gasteiger partial charge in [0.05, 0.1) is 19.3 Å². The van der Waals surface area contributed by atoms with Crippen LogP contribution < -0.4 is 0 Å². The van der Waals surface area contributed by atoms with E-state index in [1.807, 2.05) is 0 Å². The molecule has 2 N–H and O–H groups in total. The second-order valence-corrected chi connectivity index (χ2v) is 6.36. The third kappa shape index (κ3) is 3.69. The van der Waals surface area contributed by atoms with Crippen LogP contribution in [0.25, 0.3) is 10.4 Å². The van der Waals surface area contributed by atoms with Crippen LogP contribution >= 0.6 is 0 Å². The second-order valence-electron chi connectivity index (χ2n) is 6.36. The largest absolute Gasteiger partial charge is 0.394 e. The van der Waals surface area contributed by atoms with Crippen molar-refractivity contribution in [3.8, 4) is 0 Å². The van der Waals surface area contributed by atoms with Gasteiger partial charge in [-0.3, -0.25) is 0 Å². The maximum absolute atomic E-state index is 10.6. The van der Waals surface area contributed by atoms with E-state index < -0.39 is 42.1 Å². The molecule has 0 radical (unpaired) electrons. The van der Waals surface area contributed by atoms with Gasteiger partial charge in [-0.05, 0) is 33.2 Å². The van der Waals surface area contributed by atoms with Gasteiger partial charge in [0.25, 0.3) is 0 Å². The lowest BCUT2D eigenvalue weighted by molar-refractivity contribution is -0.179. The third-order valence-electron chi connectivity index (χ3n) is 3.62. The molecule has 2 rings (SSSR count). The summed E-state index contributed by atoms with van der Waals surface area (Å²) in [4.78, 5) is 2.70. The Hall–Kier alpha value is -0.930. The number of aliphatic hydroxyl groups is 2. The third-order valence-corrected chi connectivity index (χ3v) is 3.62. The van der Waals surface area contributed by atoms with E-state index >= 15 is 0 Å². The fourth-order valence-corrected chi connectivity index (χ4v) is 2.89. The van der Waals surface area contributed by atoms with Crippen molar-refractivity contribution >= 4 is 0 Å². The highest BCUT2D eigenvalue weighted by Crippen LogP contribution is 2.36. The molecular formula is C13H23N3O6. The van der Waals surface area contributed by atoms with Crippen molar-refractivity contribution in [2.45, 2.75) is 69.8 Å². The molecule has 2 heterocycles. The number of aliphatic hydroxyl groups excluding tert-OH is 2. The van der Waals surface area contributed by atoms with Crippen molar-refractivity contribution < 1.29 is 29.2 Å². The maximum atomic E-state index is 10.6. The number of ether oxygens (including phenoxy) is 4. The average Bonchev–Trinajstić information content (AvgIpc) is 2.91. The predicted molar refractivity (Wildman–Crippen MR) is 74.8 cm³/mol. The molecule has 2 aliphatic heterocycles. The summed E-state index contributed by atoms with van der Waals surface area (Å²) in [5.41, 5.74) is 8.46. The van der Waals surface area contributed by atoms with Crippen LogP contribution in [0.1, 0.15) is 27.7 Å². The van der Waals surface area contributed by atoms with Gasteiger partial charge in [-0.2, -0.15) is 0 Å². The van der Waals surface area contributed by atoms with Gasteiger partial charge in [0.1, 0.15) is 24.4 Å². The van der Waals surface area contributed by atoms with Crippen LogP contribution in [0.5, 0.6) is 0 Å². The molecule has 0 bridgehead atoms. The molecule has 9 heteroatoms. The summed E-state index contributed by atoms with van der Waals surface area (Å²) >= 11 is 0. The van der Waals surface area contributed by atoms with Crippen molar-refractivity contribution in [2.75, 3.05) is 13.2 Å². The molecule has 0 spiro atoms. The van der Waals surface area contributed by atoms with E-state index in [1.165, 1.54) is 0 Å². The van der Waals surface area contributed by atoms with E-state index in [-0.39, 0.29) is 13.2 Å². The van der Waals surface area contributed by atoms with E-state index in [9.17, 15) is 10.2 Å². The Bertz CT molecular complexity index is 451. The molecule has 2 aliphatic rings. The normalized spacial score (nSPS) is 37.7. The lowest BCUT2D eigenvalue weighted by Gasteiger charge is -2.28. The molecule has 0 unspecified atom stereocenters. The first kappa shape index (κ1) is 17.4. The first-order valence-electron chi connectivity index (χ1n) is 7.20. The van der Waals surface area contributed by atoms with Crippen LogP contribution in [0.4, 0.5) is 0 Å². The van der Waals surface area contributed by atoms with E-state index in [0.717, 1.165) is 0 Å². The Morgan fingerprint density at radius 2 is 1.55 bits per heavy atom. The topological polar surface area (TPSA) is 126 Å². The molecule has 5 atom stereocenters. The summed E-state index contributed by atoms with van der Waals surface area (Å²) in [5.74, 6) is -1.82. The van der Waals surface area contributed by atoms with Crippen molar-refractivity contribution in [3.05, 3.63) is 10.4 Å². The highest BCUT2D eigenvalue weighted by atomic mass is 16.8. The zero-order chi connectivity index (χ0) is 16.5. The number of hydrogen-bond donors (Lipinski definition) is 2. The highest BCUT2D eigenvalue weighted by molar-refractivity contribution is 4.96. The van der Waals surface area contributed by atoms with Crippen LogP contribution in [-0.2, 0) is 18.9 Å². The van der Waals surface area contributed by atoms with Gasteiger partial charge in [0.15, 0.2) is 11.6 Å². The zero-order valence-corrected chi connectivity index (χ0v) is 13.2. The van der Waals surface area contributed by atoms with Crippen LogP contribution in [-0.4, -0.2) is 65.5 Å². The Labute approximate surface area is 128 Å². The lowest BCUT2D eigenvalue weighted by Crippen LogP contribution is -2.48. The van der Waals surface area contributed by atoms with Crippen molar-refractivity contribution in [1.82, 2.24) is 0 Å². The first-order valence-corrected chi connectivity index (χ1v) is 7.20. The minimum Gasteiger partial charge on any atom is -0.394 e. The Morgan fingerprint density at radius 1 is 1.05 bits per heavy atom. The van der Waals surface area contributed by atoms with Crippen LogP contribution in [0.15, 0.2) is 5.11 Å². The van der Waals surface area contributed by atoms with Gasteiger partial charge in [0, 0.05) is 4.91 Å². The van der Waals surface area contributed by atoms with Crippen molar-refractivity contribution in [2.24, 2.45) is 5.11 Å². The summed E-state index contributed by atoms with van der Waals surface area (Å²) in [5, 5.41) is 23.5. The molecule has 2 fully saturated rings. The quantitative estimate of drug-likeness (QED) is 0.436. The summed E-state index contributed by atoms with van der Waals surface area (Å²) in [6.45, 7) is 6.57. The van der Waals surface area contributed by atoms with Crippen LogP contribution in [0, 0.1) is 0 Å². The highest BCUT2D eigenvalue weighted by Gasteiger charge is 2.52. The number of hydrogen-bond acceptors (Lipinski definition) is 7. The fraction of sp³-hybridized carbons (Fsp3) is 1.00. The Balaban J connectivity index is 2.15. The van der Waals surface area contributed by atoms with E-state index in [1.54, 1.807) is 27.7 Å². The Morgan fingerprint density at radius 3 is 2.05 bits per heavy atom. The minimum absolute atomic E-state index is 0.0302. The molecule has 0 aliphatic carbocycles. The maximum Gasteiger partial charge on any atom is 0.164 e. The molecule has 0 aromatic rings. The molecule has 0 aromatic carbocycles. The molecule has 126 valence electrons. The smallest absolute Gasteiger partial charge is 0.164 e. The van der Waals surface area contributed by atoms with Crippen LogP contribution in [0.3, 0.4) is 0 Å². The van der Waals surface area contributed by atoms with Crippen LogP contribution in [0.2, 0.25) is 0 Å². The Kier molecular flexibility index (Phi) is 4.98. The number of rotatable bonds is 5. The van der Waals surface area contributed by atoms with Gasteiger partial charge < -0.3 is 29.2 Å². The van der Waals surface area contributed by atoms with E-state index in [2.05, 4.69) is 10.0 Å². The van der Waals surface area contributed by atoms with Gasteiger partial charge in [-0.25, -0.2) is 0 Å². The molecule has 0 saturated carbocycles. The van der Waals surface area contributed by atoms with Gasteiger partial charge in [0.2, 0.25) is 0 Å². The minimum atomic E-state index is -1.10. The molecule has 9 nitrogen and oxygen atoms in total. The van der Waals surface area contributed by atoms with Gasteiger partial charge in [-0.1, -0.05) is 5.11 Å². The number of azide groups is 1. The second kappa shape index (κ2) is 6.29. The lowest BCUT2D eigenvalue weighted by atomic mass is 9.99. The molecule has 22 heavy (non-hydrogen) atoms. The monoisotopic (exact) mass is 317 g/mol. The standard InChI is InChI=1S/C13H23N3O6/c1-12(2)19-7(5-15-16-14)10(21-12)9(18)11-8(6-17)20-13(3,4)22-11/h7-11,17-18H,5-6H2,1-4H3/t7-,8+,9-,10+,11+/m0/s1. The van der Waals surface area contributed by atoms with Crippen molar-refractivity contribution in [1.29, 1.82) is 0 Å². The number of nitrogens with zero attached hydrogens (tertiary/aromatic N) is 3. The van der Waals surface area contributed by atoms with E-state index in [4.69, 9.17) is 24.5 Å². The summed E-state index contributed by atoms with van der Waals surface area (Å²) in [6, 6.07) is 0. The van der Waals surface area contributed by atoms with Crippen molar-refractivity contribution in [3.63, 3.8) is 0 Å². The molecular weight excluding hydrogens is 294 g/mol. The molecule has 0 amide bonds. The fourth-order valence-electron chi connectivity index (χ4n) is 2.89.